The van der Waals surface area contributed by atoms with Crippen molar-refractivity contribution in [2.75, 3.05) is 45.2 Å². The predicted molar refractivity (Wildman–Crippen MR) is 90.4 cm³/mol. The van der Waals surface area contributed by atoms with Crippen LogP contribution < -0.4 is 10.2 Å². The number of nitrogens with one attached hydrogen (secondary N) is 1. The normalized spacial score (nSPS) is 25.3. The third kappa shape index (κ3) is 3.12. The molecule has 1 unspecified atom stereocenters. The molecule has 2 saturated heterocycles. The van der Waals surface area contributed by atoms with E-state index < -0.39 is 0 Å². The molecule has 0 radical (unpaired) electrons. The number of benzene rings is 1. The second kappa shape index (κ2) is 6.29. The quantitative estimate of drug-likeness (QED) is 0.911. The van der Waals surface area contributed by atoms with Gasteiger partial charge in [0, 0.05) is 50.4 Å². The fraction of sp³-hybridized carbons (Fsp3) is 0.611. The summed E-state index contributed by atoms with van der Waals surface area (Å²) in [6, 6.07) is 7.96. The molecule has 0 bridgehead atoms. The lowest BCUT2D eigenvalue weighted by atomic mass is 9.74. The average Bonchev–Trinajstić information content (AvgIpc) is 2.55. The molecule has 1 N–H and O–H groups in total. The largest absolute Gasteiger partial charge is 0.378 e. The molecule has 1 aromatic rings. The van der Waals surface area contributed by atoms with Gasteiger partial charge in [0.1, 0.15) is 0 Å². The van der Waals surface area contributed by atoms with Gasteiger partial charge >= 0.3 is 0 Å². The molecule has 0 aliphatic carbocycles. The first-order valence-corrected chi connectivity index (χ1v) is 8.37. The lowest BCUT2D eigenvalue weighted by Crippen LogP contribution is -2.52. The number of likely N-dealkylation sites (tertiary alicyclic amines) is 1. The molecule has 120 valence electrons. The van der Waals surface area contributed by atoms with Gasteiger partial charge in [-0.05, 0) is 50.4 Å². The molecular formula is C18H27N3O. The van der Waals surface area contributed by atoms with Crippen molar-refractivity contribution < 1.29 is 4.79 Å². The van der Waals surface area contributed by atoms with Crippen LogP contribution in [0.4, 0.5) is 5.69 Å². The highest BCUT2D eigenvalue weighted by Crippen LogP contribution is 2.36. The molecule has 1 aromatic carbocycles. The maximum Gasteiger partial charge on any atom is 0.253 e. The van der Waals surface area contributed by atoms with Gasteiger partial charge in [0.15, 0.2) is 0 Å². The van der Waals surface area contributed by atoms with Crippen LogP contribution in [0.25, 0.3) is 0 Å². The van der Waals surface area contributed by atoms with Crippen molar-refractivity contribution in [1.29, 1.82) is 0 Å². The third-order valence-corrected chi connectivity index (χ3v) is 5.12. The SMILES string of the molecule is CN(C)c1cccc(C(=O)N2CCCC3(CCCNC3)C2)c1. The molecule has 22 heavy (non-hydrogen) atoms. The second-order valence-corrected chi connectivity index (χ2v) is 7.06. The first-order valence-electron chi connectivity index (χ1n) is 8.37. The molecular weight excluding hydrogens is 274 g/mol. The summed E-state index contributed by atoms with van der Waals surface area (Å²) in [7, 11) is 4.01. The molecule has 0 aromatic heterocycles. The highest BCUT2D eigenvalue weighted by molar-refractivity contribution is 5.95. The van der Waals surface area contributed by atoms with E-state index in [0.717, 1.165) is 43.9 Å². The van der Waals surface area contributed by atoms with E-state index in [0.29, 0.717) is 5.41 Å². The van der Waals surface area contributed by atoms with Crippen molar-refractivity contribution in [2.45, 2.75) is 25.7 Å². The van der Waals surface area contributed by atoms with E-state index in [1.807, 2.05) is 43.3 Å². The molecule has 2 aliphatic heterocycles. The topological polar surface area (TPSA) is 35.6 Å². The van der Waals surface area contributed by atoms with Crippen LogP contribution in [0.2, 0.25) is 0 Å². The summed E-state index contributed by atoms with van der Waals surface area (Å²) in [5.74, 6) is 0.188. The van der Waals surface area contributed by atoms with Gasteiger partial charge in [-0.1, -0.05) is 6.07 Å². The number of hydrogen-bond donors (Lipinski definition) is 1. The summed E-state index contributed by atoms with van der Waals surface area (Å²) >= 11 is 0. The van der Waals surface area contributed by atoms with Gasteiger partial charge in [-0.2, -0.15) is 0 Å². The summed E-state index contributed by atoms with van der Waals surface area (Å²) in [5.41, 5.74) is 2.20. The molecule has 4 nitrogen and oxygen atoms in total. The number of amides is 1. The molecule has 2 aliphatic rings. The average molecular weight is 301 g/mol. The van der Waals surface area contributed by atoms with Crippen LogP contribution in [-0.4, -0.2) is 51.1 Å². The number of nitrogens with zero attached hydrogens (tertiary/aromatic N) is 2. The Morgan fingerprint density at radius 3 is 2.82 bits per heavy atom. The Hall–Kier alpha value is -1.55. The zero-order valence-corrected chi connectivity index (χ0v) is 13.8. The molecule has 1 atom stereocenters. The smallest absolute Gasteiger partial charge is 0.253 e. The predicted octanol–water partition coefficient (Wildman–Crippen LogP) is 2.36. The van der Waals surface area contributed by atoms with Crippen LogP contribution in [0.3, 0.4) is 0 Å². The lowest BCUT2D eigenvalue weighted by molar-refractivity contribution is 0.0434. The highest BCUT2D eigenvalue weighted by Gasteiger charge is 2.38. The summed E-state index contributed by atoms with van der Waals surface area (Å²) in [4.78, 5) is 17.0. The molecule has 2 heterocycles. The van der Waals surface area contributed by atoms with E-state index in [9.17, 15) is 4.79 Å². The second-order valence-electron chi connectivity index (χ2n) is 7.06. The summed E-state index contributed by atoms with van der Waals surface area (Å²) < 4.78 is 0. The number of carbonyl (C=O) groups excluding carboxylic acids is 1. The molecule has 4 heteroatoms. The van der Waals surface area contributed by atoms with Crippen molar-refractivity contribution in [3.63, 3.8) is 0 Å². The van der Waals surface area contributed by atoms with Crippen LogP contribution in [0, 0.1) is 5.41 Å². The Bertz CT molecular complexity index is 529. The van der Waals surface area contributed by atoms with Crippen LogP contribution in [-0.2, 0) is 0 Å². The van der Waals surface area contributed by atoms with Crippen molar-refractivity contribution in [2.24, 2.45) is 5.41 Å². The van der Waals surface area contributed by atoms with Gasteiger partial charge in [0.2, 0.25) is 0 Å². The van der Waals surface area contributed by atoms with Crippen molar-refractivity contribution >= 4 is 11.6 Å². The van der Waals surface area contributed by atoms with Crippen molar-refractivity contribution in [1.82, 2.24) is 10.2 Å². The van der Waals surface area contributed by atoms with Crippen molar-refractivity contribution in [3.8, 4) is 0 Å². The third-order valence-electron chi connectivity index (χ3n) is 5.12. The Kier molecular flexibility index (Phi) is 4.39. The fourth-order valence-electron chi connectivity index (χ4n) is 3.86. The molecule has 2 fully saturated rings. The van der Waals surface area contributed by atoms with E-state index in [1.165, 1.54) is 19.3 Å². The Balaban J connectivity index is 1.75. The first-order chi connectivity index (χ1) is 10.6. The molecule has 0 saturated carbocycles. The minimum atomic E-state index is 0.188. The Labute approximate surface area is 133 Å². The number of hydrogen-bond acceptors (Lipinski definition) is 3. The lowest BCUT2D eigenvalue weighted by Gasteiger charge is -2.45. The minimum absolute atomic E-state index is 0.188. The number of carbonyl (C=O) groups is 1. The van der Waals surface area contributed by atoms with Crippen LogP contribution in [0.5, 0.6) is 0 Å². The van der Waals surface area contributed by atoms with Gasteiger partial charge in [-0.3, -0.25) is 4.79 Å². The summed E-state index contributed by atoms with van der Waals surface area (Å²) in [6.45, 7) is 3.99. The maximum absolute atomic E-state index is 12.9. The van der Waals surface area contributed by atoms with Crippen molar-refractivity contribution in [3.05, 3.63) is 29.8 Å². The van der Waals surface area contributed by atoms with E-state index in [2.05, 4.69) is 10.2 Å². The van der Waals surface area contributed by atoms with Crippen LogP contribution in [0.1, 0.15) is 36.0 Å². The van der Waals surface area contributed by atoms with Gasteiger partial charge in [0.25, 0.3) is 5.91 Å². The van der Waals surface area contributed by atoms with Gasteiger partial charge < -0.3 is 15.1 Å². The Morgan fingerprint density at radius 2 is 2.09 bits per heavy atom. The number of anilines is 1. The number of piperidine rings is 2. The number of rotatable bonds is 2. The van der Waals surface area contributed by atoms with E-state index in [1.54, 1.807) is 0 Å². The molecule has 1 amide bonds. The van der Waals surface area contributed by atoms with E-state index in [-0.39, 0.29) is 5.91 Å². The Morgan fingerprint density at radius 1 is 1.27 bits per heavy atom. The molecule has 1 spiro atoms. The van der Waals surface area contributed by atoms with E-state index in [4.69, 9.17) is 0 Å². The molecule has 3 rings (SSSR count). The summed E-state index contributed by atoms with van der Waals surface area (Å²) in [6.07, 6.45) is 4.86. The van der Waals surface area contributed by atoms with Crippen LogP contribution >= 0.6 is 0 Å². The standard InChI is InChI=1S/C18H27N3O/c1-20(2)16-7-3-6-15(12-16)17(22)21-11-5-9-18(14-21)8-4-10-19-13-18/h3,6-7,12,19H,4-5,8-11,13-14H2,1-2H3. The first kappa shape index (κ1) is 15.3. The van der Waals surface area contributed by atoms with Gasteiger partial charge in [-0.25, -0.2) is 0 Å². The summed E-state index contributed by atoms with van der Waals surface area (Å²) in [5, 5.41) is 3.52. The van der Waals surface area contributed by atoms with E-state index >= 15 is 0 Å². The zero-order valence-electron chi connectivity index (χ0n) is 13.8. The minimum Gasteiger partial charge on any atom is -0.378 e. The highest BCUT2D eigenvalue weighted by atomic mass is 16.2. The van der Waals surface area contributed by atoms with Gasteiger partial charge in [-0.15, -0.1) is 0 Å². The van der Waals surface area contributed by atoms with Gasteiger partial charge in [0.05, 0.1) is 0 Å². The zero-order chi connectivity index (χ0) is 15.6. The maximum atomic E-state index is 12.9. The van der Waals surface area contributed by atoms with Crippen LogP contribution in [0.15, 0.2) is 24.3 Å². The fourth-order valence-corrected chi connectivity index (χ4v) is 3.86. The monoisotopic (exact) mass is 301 g/mol.